The van der Waals surface area contributed by atoms with Gasteiger partial charge in [0.25, 0.3) is 0 Å². The summed E-state index contributed by atoms with van der Waals surface area (Å²) in [6.45, 7) is 2.05. The molecule has 0 aromatic carbocycles. The topological polar surface area (TPSA) is 30.7 Å². The number of hydrogen-bond donors (Lipinski definition) is 0. The van der Waals surface area contributed by atoms with Gasteiger partial charge in [0.2, 0.25) is 0 Å². The normalized spacial score (nSPS) is 10.1. The van der Waals surface area contributed by atoms with Crippen molar-refractivity contribution in [1.29, 1.82) is 0 Å². The lowest BCUT2D eigenvalue weighted by Crippen LogP contribution is -1.89. The number of halogens is 1. The second-order valence-corrected chi connectivity index (χ2v) is 2.56. The number of aryl methyl sites for hydroxylation is 2. The second-order valence-electron chi connectivity index (χ2n) is 1.80. The SMILES string of the molecule is CCc1nnn(C)c1Br. The molecule has 0 saturated carbocycles. The molecule has 0 amide bonds. The van der Waals surface area contributed by atoms with E-state index in [4.69, 9.17) is 0 Å². The van der Waals surface area contributed by atoms with Crippen LogP contribution >= 0.6 is 15.9 Å². The van der Waals surface area contributed by atoms with E-state index in [0.717, 1.165) is 16.7 Å². The smallest absolute Gasteiger partial charge is 0.127 e. The maximum absolute atomic E-state index is 3.90. The molecule has 1 rings (SSSR count). The van der Waals surface area contributed by atoms with Crippen molar-refractivity contribution in [3.63, 3.8) is 0 Å². The summed E-state index contributed by atoms with van der Waals surface area (Å²) in [5.74, 6) is 0. The van der Waals surface area contributed by atoms with E-state index in [1.54, 1.807) is 4.68 Å². The molecule has 0 aliphatic carbocycles. The third kappa shape index (κ3) is 1.13. The Kier molecular flexibility index (Phi) is 1.85. The Bertz CT molecular complexity index is 206. The lowest BCUT2D eigenvalue weighted by molar-refractivity contribution is 0.702. The van der Waals surface area contributed by atoms with Crippen molar-refractivity contribution >= 4 is 15.9 Å². The number of nitrogens with zero attached hydrogens (tertiary/aromatic N) is 3. The third-order valence-electron chi connectivity index (χ3n) is 1.16. The van der Waals surface area contributed by atoms with Gasteiger partial charge in [-0.25, -0.2) is 4.68 Å². The highest BCUT2D eigenvalue weighted by atomic mass is 79.9. The van der Waals surface area contributed by atoms with Gasteiger partial charge in [-0.1, -0.05) is 12.1 Å². The molecule has 0 bridgehead atoms. The predicted molar refractivity (Wildman–Crippen MR) is 38.1 cm³/mol. The zero-order chi connectivity index (χ0) is 6.85. The molecular formula is C5H8BrN3. The molecule has 3 nitrogen and oxygen atoms in total. The molecule has 0 aliphatic heterocycles. The van der Waals surface area contributed by atoms with Crippen molar-refractivity contribution in [2.45, 2.75) is 13.3 Å². The molecule has 4 heteroatoms. The summed E-state index contributed by atoms with van der Waals surface area (Å²) in [6.07, 6.45) is 0.925. The van der Waals surface area contributed by atoms with Crippen LogP contribution in [0.2, 0.25) is 0 Å². The summed E-state index contributed by atoms with van der Waals surface area (Å²) in [4.78, 5) is 0. The summed E-state index contributed by atoms with van der Waals surface area (Å²) in [5, 5.41) is 7.71. The van der Waals surface area contributed by atoms with E-state index in [9.17, 15) is 0 Å². The van der Waals surface area contributed by atoms with E-state index in [0.29, 0.717) is 0 Å². The van der Waals surface area contributed by atoms with E-state index in [1.165, 1.54) is 0 Å². The van der Waals surface area contributed by atoms with Crippen LogP contribution < -0.4 is 0 Å². The second kappa shape index (κ2) is 2.47. The van der Waals surface area contributed by atoms with Crippen molar-refractivity contribution in [1.82, 2.24) is 15.0 Å². The fourth-order valence-electron chi connectivity index (χ4n) is 0.605. The first-order valence-electron chi connectivity index (χ1n) is 2.79. The molecule has 0 saturated heterocycles. The molecule has 1 heterocycles. The summed E-state index contributed by atoms with van der Waals surface area (Å²) < 4.78 is 2.68. The summed E-state index contributed by atoms with van der Waals surface area (Å²) in [5.41, 5.74) is 1.01. The number of aromatic nitrogens is 3. The molecule has 0 unspecified atom stereocenters. The van der Waals surface area contributed by atoms with Crippen LogP contribution in [0.3, 0.4) is 0 Å². The Morgan fingerprint density at radius 2 is 2.33 bits per heavy atom. The van der Waals surface area contributed by atoms with Crippen molar-refractivity contribution in [2.75, 3.05) is 0 Å². The highest BCUT2D eigenvalue weighted by molar-refractivity contribution is 9.10. The fraction of sp³-hybridized carbons (Fsp3) is 0.600. The van der Waals surface area contributed by atoms with Gasteiger partial charge < -0.3 is 0 Å². The largest absolute Gasteiger partial charge is 0.241 e. The minimum atomic E-state index is 0.925. The standard InChI is InChI=1S/C5H8BrN3/c1-3-4-5(6)9(2)8-7-4/h3H2,1-2H3. The Balaban J connectivity index is 3.04. The van der Waals surface area contributed by atoms with Crippen LogP contribution in [0.5, 0.6) is 0 Å². The Labute approximate surface area is 62.2 Å². The molecule has 1 aromatic heterocycles. The van der Waals surface area contributed by atoms with Gasteiger partial charge in [0, 0.05) is 7.05 Å². The average Bonchev–Trinajstić information content (AvgIpc) is 2.15. The highest BCUT2D eigenvalue weighted by Gasteiger charge is 2.02. The first-order valence-corrected chi connectivity index (χ1v) is 3.59. The summed E-state index contributed by atoms with van der Waals surface area (Å²) >= 11 is 3.35. The predicted octanol–water partition coefficient (Wildman–Crippen LogP) is 1.14. The van der Waals surface area contributed by atoms with Crippen molar-refractivity contribution in [2.24, 2.45) is 7.05 Å². The van der Waals surface area contributed by atoms with Gasteiger partial charge in [-0.15, -0.1) is 5.10 Å². The van der Waals surface area contributed by atoms with Crippen LogP contribution in [0.25, 0.3) is 0 Å². The maximum atomic E-state index is 3.90. The van der Waals surface area contributed by atoms with Gasteiger partial charge >= 0.3 is 0 Å². The van der Waals surface area contributed by atoms with Crippen molar-refractivity contribution in [3.8, 4) is 0 Å². The molecule has 0 radical (unpaired) electrons. The zero-order valence-electron chi connectivity index (χ0n) is 5.43. The first-order chi connectivity index (χ1) is 4.25. The van der Waals surface area contributed by atoms with Gasteiger partial charge in [0.05, 0.1) is 5.69 Å². The van der Waals surface area contributed by atoms with E-state index >= 15 is 0 Å². The fourth-order valence-corrected chi connectivity index (χ4v) is 1.04. The third-order valence-corrected chi connectivity index (χ3v) is 2.13. The molecule has 0 N–H and O–H groups in total. The van der Waals surface area contributed by atoms with Crippen molar-refractivity contribution < 1.29 is 0 Å². The Morgan fingerprint density at radius 3 is 2.56 bits per heavy atom. The molecule has 1 aromatic rings. The molecule has 0 atom stereocenters. The number of hydrogen-bond acceptors (Lipinski definition) is 2. The van der Waals surface area contributed by atoms with E-state index in [-0.39, 0.29) is 0 Å². The number of rotatable bonds is 1. The lowest BCUT2D eigenvalue weighted by atomic mass is 10.4. The summed E-state index contributed by atoms with van der Waals surface area (Å²) in [6, 6.07) is 0. The molecule has 0 aliphatic rings. The van der Waals surface area contributed by atoms with Crippen LogP contribution in [-0.4, -0.2) is 15.0 Å². The average molecular weight is 190 g/mol. The van der Waals surface area contributed by atoms with E-state index in [2.05, 4.69) is 33.2 Å². The van der Waals surface area contributed by atoms with E-state index in [1.807, 2.05) is 7.05 Å². The highest BCUT2D eigenvalue weighted by Crippen LogP contribution is 2.11. The molecule has 0 fully saturated rings. The van der Waals surface area contributed by atoms with Gasteiger partial charge in [0.15, 0.2) is 0 Å². The lowest BCUT2D eigenvalue weighted by Gasteiger charge is -1.88. The quantitative estimate of drug-likeness (QED) is 0.664. The molecular weight excluding hydrogens is 182 g/mol. The minimum absolute atomic E-state index is 0.925. The van der Waals surface area contributed by atoms with Crippen LogP contribution in [0.1, 0.15) is 12.6 Å². The van der Waals surface area contributed by atoms with Gasteiger partial charge in [-0.3, -0.25) is 0 Å². The minimum Gasteiger partial charge on any atom is -0.241 e. The van der Waals surface area contributed by atoms with Crippen LogP contribution in [-0.2, 0) is 13.5 Å². The Hall–Kier alpha value is -0.380. The summed E-state index contributed by atoms with van der Waals surface area (Å²) in [7, 11) is 1.86. The maximum Gasteiger partial charge on any atom is 0.127 e. The van der Waals surface area contributed by atoms with E-state index < -0.39 is 0 Å². The molecule has 9 heavy (non-hydrogen) atoms. The monoisotopic (exact) mass is 189 g/mol. The molecule has 0 spiro atoms. The first kappa shape index (κ1) is 6.74. The Morgan fingerprint density at radius 1 is 1.67 bits per heavy atom. The van der Waals surface area contributed by atoms with Gasteiger partial charge in [0.1, 0.15) is 4.60 Å². The van der Waals surface area contributed by atoms with Gasteiger partial charge in [-0.05, 0) is 22.4 Å². The van der Waals surface area contributed by atoms with Crippen LogP contribution in [0.15, 0.2) is 4.60 Å². The van der Waals surface area contributed by atoms with Crippen molar-refractivity contribution in [3.05, 3.63) is 10.3 Å². The van der Waals surface area contributed by atoms with Crippen LogP contribution in [0, 0.1) is 0 Å². The molecule has 50 valence electrons. The van der Waals surface area contributed by atoms with Crippen LogP contribution in [0.4, 0.5) is 0 Å². The van der Waals surface area contributed by atoms with Gasteiger partial charge in [-0.2, -0.15) is 0 Å². The zero-order valence-corrected chi connectivity index (χ0v) is 7.01.